The number of hydrogen-bond donors (Lipinski definition) is 1. The Balaban J connectivity index is 1.97. The topological polar surface area (TPSA) is 30.5 Å². The van der Waals surface area contributed by atoms with Gasteiger partial charge >= 0.3 is 0 Å². The van der Waals surface area contributed by atoms with E-state index < -0.39 is 0 Å². The van der Waals surface area contributed by atoms with E-state index >= 15 is 0 Å². The molecule has 3 nitrogen and oxygen atoms in total. The maximum Gasteiger partial charge on any atom is 0.105 e. The lowest BCUT2D eigenvalue weighted by atomic mass is 10.1. The standard InChI is InChI=1S/C14H20ClNO2/c1-2-6-16-8-14(18-13-9-17-10-13)11-4-3-5-12(15)7-11/h3-5,7,13-14,16H,2,6,8-10H2,1H3. The molecule has 0 spiro atoms. The highest BCUT2D eigenvalue weighted by Gasteiger charge is 2.24. The van der Waals surface area contributed by atoms with Gasteiger partial charge in [-0.15, -0.1) is 0 Å². The minimum Gasteiger partial charge on any atom is -0.376 e. The van der Waals surface area contributed by atoms with Crippen molar-refractivity contribution in [2.24, 2.45) is 0 Å². The lowest BCUT2D eigenvalue weighted by Gasteiger charge is -2.31. The molecule has 0 aromatic heterocycles. The summed E-state index contributed by atoms with van der Waals surface area (Å²) in [6.45, 7) is 5.37. The summed E-state index contributed by atoms with van der Waals surface area (Å²) < 4.78 is 11.2. The molecule has 0 saturated carbocycles. The number of benzene rings is 1. The van der Waals surface area contributed by atoms with Gasteiger partial charge in [-0.25, -0.2) is 0 Å². The van der Waals surface area contributed by atoms with Crippen LogP contribution in [0.3, 0.4) is 0 Å². The largest absolute Gasteiger partial charge is 0.376 e. The second-order valence-electron chi connectivity index (χ2n) is 4.54. The Morgan fingerprint density at radius 3 is 2.94 bits per heavy atom. The van der Waals surface area contributed by atoms with Gasteiger partial charge in [-0.1, -0.05) is 30.7 Å². The van der Waals surface area contributed by atoms with Crippen molar-refractivity contribution in [3.05, 3.63) is 34.9 Å². The fraction of sp³-hybridized carbons (Fsp3) is 0.571. The molecule has 1 unspecified atom stereocenters. The van der Waals surface area contributed by atoms with E-state index in [1.807, 2.05) is 18.2 Å². The summed E-state index contributed by atoms with van der Waals surface area (Å²) in [4.78, 5) is 0. The molecule has 0 bridgehead atoms. The molecule has 4 heteroatoms. The average Bonchev–Trinajstić information content (AvgIpc) is 2.31. The van der Waals surface area contributed by atoms with E-state index in [2.05, 4.69) is 18.3 Å². The second kappa shape index (κ2) is 7.10. The predicted molar refractivity (Wildman–Crippen MR) is 73.0 cm³/mol. The summed E-state index contributed by atoms with van der Waals surface area (Å²) in [5, 5.41) is 4.15. The van der Waals surface area contributed by atoms with Gasteiger partial charge in [0.05, 0.1) is 19.3 Å². The van der Waals surface area contributed by atoms with Gasteiger partial charge in [0, 0.05) is 11.6 Å². The Kier molecular flexibility index (Phi) is 5.45. The predicted octanol–water partition coefficient (Wildman–Crippen LogP) is 2.80. The maximum absolute atomic E-state index is 6.03. The number of nitrogens with one attached hydrogen (secondary N) is 1. The minimum absolute atomic E-state index is 0.0455. The third-order valence-electron chi connectivity index (χ3n) is 2.94. The van der Waals surface area contributed by atoms with Crippen LogP contribution < -0.4 is 5.32 Å². The average molecular weight is 270 g/mol. The first kappa shape index (κ1) is 13.8. The maximum atomic E-state index is 6.03. The van der Waals surface area contributed by atoms with E-state index in [1.165, 1.54) is 0 Å². The molecule has 1 aliphatic rings. The van der Waals surface area contributed by atoms with Crippen LogP contribution in [0.4, 0.5) is 0 Å². The zero-order chi connectivity index (χ0) is 12.8. The lowest BCUT2D eigenvalue weighted by Crippen LogP contribution is -2.39. The molecular weight excluding hydrogens is 250 g/mol. The van der Waals surface area contributed by atoms with Crippen molar-refractivity contribution in [2.75, 3.05) is 26.3 Å². The van der Waals surface area contributed by atoms with Crippen LogP contribution in [0.2, 0.25) is 5.02 Å². The van der Waals surface area contributed by atoms with Crippen LogP contribution >= 0.6 is 11.6 Å². The Bertz CT molecular complexity index is 369. The van der Waals surface area contributed by atoms with Crippen LogP contribution in [0.15, 0.2) is 24.3 Å². The minimum atomic E-state index is 0.0455. The molecule has 1 heterocycles. The normalized spacial score (nSPS) is 17.4. The first-order valence-electron chi connectivity index (χ1n) is 6.49. The molecule has 1 aromatic rings. The lowest BCUT2D eigenvalue weighted by molar-refractivity contribution is -0.155. The third-order valence-corrected chi connectivity index (χ3v) is 3.18. The Morgan fingerprint density at radius 1 is 1.50 bits per heavy atom. The molecule has 1 aromatic carbocycles. The van der Waals surface area contributed by atoms with Gasteiger partial charge in [0.1, 0.15) is 6.10 Å². The molecule has 1 N–H and O–H groups in total. The summed E-state index contributed by atoms with van der Waals surface area (Å²) >= 11 is 6.03. The Morgan fingerprint density at radius 2 is 2.33 bits per heavy atom. The van der Waals surface area contributed by atoms with Crippen molar-refractivity contribution in [3.63, 3.8) is 0 Å². The van der Waals surface area contributed by atoms with E-state index in [0.717, 1.165) is 30.1 Å². The van der Waals surface area contributed by atoms with Crippen LogP contribution in [0.25, 0.3) is 0 Å². The molecule has 100 valence electrons. The van der Waals surface area contributed by atoms with Crippen molar-refractivity contribution in [1.82, 2.24) is 5.32 Å². The molecule has 1 saturated heterocycles. The third kappa shape index (κ3) is 3.95. The zero-order valence-electron chi connectivity index (χ0n) is 10.7. The Hall–Kier alpha value is -0.610. The summed E-state index contributed by atoms with van der Waals surface area (Å²) in [7, 11) is 0. The van der Waals surface area contributed by atoms with Gasteiger partial charge in [-0.05, 0) is 30.7 Å². The molecule has 0 radical (unpaired) electrons. The molecule has 2 rings (SSSR count). The summed E-state index contributed by atoms with van der Waals surface area (Å²) in [5.74, 6) is 0. The van der Waals surface area contributed by atoms with Gasteiger partial charge in [0.2, 0.25) is 0 Å². The van der Waals surface area contributed by atoms with Crippen molar-refractivity contribution in [2.45, 2.75) is 25.6 Å². The first-order valence-corrected chi connectivity index (χ1v) is 6.86. The van der Waals surface area contributed by atoms with Crippen LogP contribution in [0.5, 0.6) is 0 Å². The van der Waals surface area contributed by atoms with Crippen LogP contribution in [-0.4, -0.2) is 32.4 Å². The van der Waals surface area contributed by atoms with E-state index in [-0.39, 0.29) is 12.2 Å². The number of rotatable bonds is 7. The summed E-state index contributed by atoms with van der Waals surface area (Å²) in [6, 6.07) is 7.88. The van der Waals surface area contributed by atoms with Gasteiger partial charge in [-0.2, -0.15) is 0 Å². The number of halogens is 1. The van der Waals surface area contributed by atoms with Gasteiger partial charge in [0.25, 0.3) is 0 Å². The van der Waals surface area contributed by atoms with E-state index in [1.54, 1.807) is 0 Å². The van der Waals surface area contributed by atoms with Crippen molar-refractivity contribution >= 4 is 11.6 Å². The highest BCUT2D eigenvalue weighted by atomic mass is 35.5. The second-order valence-corrected chi connectivity index (χ2v) is 4.98. The molecule has 18 heavy (non-hydrogen) atoms. The first-order chi connectivity index (χ1) is 8.79. The van der Waals surface area contributed by atoms with E-state index in [9.17, 15) is 0 Å². The fourth-order valence-corrected chi connectivity index (χ4v) is 2.09. The molecule has 1 aliphatic heterocycles. The number of hydrogen-bond acceptors (Lipinski definition) is 3. The van der Waals surface area contributed by atoms with Crippen LogP contribution in [-0.2, 0) is 9.47 Å². The molecule has 1 fully saturated rings. The van der Waals surface area contributed by atoms with Crippen molar-refractivity contribution in [3.8, 4) is 0 Å². The zero-order valence-corrected chi connectivity index (χ0v) is 11.5. The molecule has 0 aliphatic carbocycles. The fourth-order valence-electron chi connectivity index (χ4n) is 1.89. The SMILES string of the molecule is CCCNCC(OC1COC1)c1cccc(Cl)c1. The van der Waals surface area contributed by atoms with Crippen molar-refractivity contribution < 1.29 is 9.47 Å². The van der Waals surface area contributed by atoms with Crippen LogP contribution in [0, 0.1) is 0 Å². The van der Waals surface area contributed by atoms with Gasteiger partial charge in [-0.3, -0.25) is 0 Å². The smallest absolute Gasteiger partial charge is 0.105 e. The van der Waals surface area contributed by atoms with E-state index in [4.69, 9.17) is 21.1 Å². The van der Waals surface area contributed by atoms with Crippen LogP contribution in [0.1, 0.15) is 25.0 Å². The molecule has 1 atom stereocenters. The monoisotopic (exact) mass is 269 g/mol. The summed E-state index contributed by atoms with van der Waals surface area (Å²) in [6.07, 6.45) is 1.39. The molecule has 0 amide bonds. The number of ether oxygens (including phenoxy) is 2. The van der Waals surface area contributed by atoms with Crippen molar-refractivity contribution in [1.29, 1.82) is 0 Å². The highest BCUT2D eigenvalue weighted by Crippen LogP contribution is 2.23. The van der Waals surface area contributed by atoms with Gasteiger partial charge < -0.3 is 14.8 Å². The van der Waals surface area contributed by atoms with E-state index in [0.29, 0.717) is 13.2 Å². The quantitative estimate of drug-likeness (QED) is 0.772. The molecular formula is C14H20ClNO2. The summed E-state index contributed by atoms with van der Waals surface area (Å²) in [5.41, 5.74) is 1.12. The van der Waals surface area contributed by atoms with Gasteiger partial charge in [0.15, 0.2) is 0 Å². The highest BCUT2D eigenvalue weighted by molar-refractivity contribution is 6.30. The Labute approximate surface area is 113 Å².